The Kier molecular flexibility index (Phi) is 7.17. The van der Waals surface area contributed by atoms with E-state index in [1.165, 1.54) is 9.80 Å². The Morgan fingerprint density at radius 1 is 1.14 bits per heavy atom. The van der Waals surface area contributed by atoms with Gasteiger partial charge in [-0.05, 0) is 25.3 Å². The first kappa shape index (κ1) is 18.3. The summed E-state index contributed by atoms with van der Waals surface area (Å²) in [6.07, 6.45) is 4.86. The number of carbonyl (C=O) groups excluding carboxylic acids is 2. The number of amides is 2. The molecule has 0 saturated carbocycles. The van der Waals surface area contributed by atoms with Gasteiger partial charge >= 0.3 is 12.2 Å². The zero-order chi connectivity index (χ0) is 16.7. The molecule has 7 heteroatoms. The van der Waals surface area contributed by atoms with Gasteiger partial charge in [-0.25, -0.2) is 9.59 Å². The first-order chi connectivity index (χ1) is 10.3. The number of ether oxygens (including phenoxy) is 2. The summed E-state index contributed by atoms with van der Waals surface area (Å²) in [5.74, 6) is 0.0504. The molecular weight excluding hydrogens is 286 g/mol. The van der Waals surface area contributed by atoms with Crippen LogP contribution in [0.4, 0.5) is 9.59 Å². The molecule has 22 heavy (non-hydrogen) atoms. The van der Waals surface area contributed by atoms with E-state index in [4.69, 9.17) is 15.2 Å². The van der Waals surface area contributed by atoms with Crippen LogP contribution >= 0.6 is 0 Å². The van der Waals surface area contributed by atoms with Crippen molar-refractivity contribution in [1.82, 2.24) is 9.80 Å². The molecule has 0 radical (unpaired) electrons. The third-order valence-electron chi connectivity index (χ3n) is 3.59. The quantitative estimate of drug-likeness (QED) is 0.797. The predicted molar refractivity (Wildman–Crippen MR) is 83.4 cm³/mol. The Morgan fingerprint density at radius 2 is 1.77 bits per heavy atom. The first-order valence-corrected chi connectivity index (χ1v) is 7.45. The molecular formula is C15H27N3O4. The third-order valence-corrected chi connectivity index (χ3v) is 3.59. The van der Waals surface area contributed by atoms with Crippen molar-refractivity contribution in [2.45, 2.75) is 31.4 Å². The fraction of sp³-hybridized carbons (Fsp3) is 0.733. The monoisotopic (exact) mass is 313 g/mol. The van der Waals surface area contributed by atoms with Crippen LogP contribution in [0.15, 0.2) is 12.2 Å². The second-order valence-electron chi connectivity index (χ2n) is 5.95. The smallest absolute Gasteiger partial charge is 0.409 e. The summed E-state index contributed by atoms with van der Waals surface area (Å²) in [6, 6.07) is -0.0725. The lowest BCUT2D eigenvalue weighted by molar-refractivity contribution is 0.0736. The summed E-state index contributed by atoms with van der Waals surface area (Å²) in [5.41, 5.74) is 6.13. The molecule has 0 fully saturated rings. The highest BCUT2D eigenvalue weighted by Crippen LogP contribution is 2.21. The minimum absolute atomic E-state index is 0.0504. The van der Waals surface area contributed by atoms with Gasteiger partial charge in [0.25, 0.3) is 0 Å². The highest BCUT2D eigenvalue weighted by Gasteiger charge is 2.24. The minimum atomic E-state index is -0.375. The highest BCUT2D eigenvalue weighted by molar-refractivity contribution is 5.67. The van der Waals surface area contributed by atoms with E-state index in [1.807, 2.05) is 12.2 Å². The van der Waals surface area contributed by atoms with Gasteiger partial charge in [-0.2, -0.15) is 0 Å². The summed E-state index contributed by atoms with van der Waals surface area (Å²) >= 11 is 0. The fourth-order valence-corrected chi connectivity index (χ4v) is 2.12. The van der Waals surface area contributed by atoms with Crippen molar-refractivity contribution < 1.29 is 19.1 Å². The topological polar surface area (TPSA) is 85.1 Å². The molecule has 1 rings (SSSR count). The van der Waals surface area contributed by atoms with Crippen LogP contribution in [0.5, 0.6) is 0 Å². The van der Waals surface area contributed by atoms with Crippen LogP contribution < -0.4 is 5.73 Å². The molecule has 3 atom stereocenters. The van der Waals surface area contributed by atoms with Crippen molar-refractivity contribution in [3.63, 3.8) is 0 Å². The average molecular weight is 313 g/mol. The van der Waals surface area contributed by atoms with Crippen molar-refractivity contribution >= 4 is 12.2 Å². The van der Waals surface area contributed by atoms with Crippen molar-refractivity contribution in [2.75, 3.05) is 34.8 Å². The molecule has 1 aliphatic carbocycles. The van der Waals surface area contributed by atoms with Gasteiger partial charge in [-0.3, -0.25) is 0 Å². The minimum Gasteiger partial charge on any atom is -0.449 e. The standard InChI is InChI=1S/C15H27N3O4/c1-17(2)14(19)21-10-11-8-9-12(6-5-7-13(11)16)22-15(20)18(3)4/h5-6,11-13H,7-10,16H2,1-4H3/b6-5+/t11-,12-,13-/m0/s1. The molecule has 2 amide bonds. The molecule has 1 aliphatic rings. The predicted octanol–water partition coefficient (Wildman–Crippen LogP) is 1.44. The second-order valence-corrected chi connectivity index (χ2v) is 5.95. The normalized spacial score (nSPS) is 26.3. The van der Waals surface area contributed by atoms with Crippen LogP contribution in [-0.4, -0.2) is 68.9 Å². The van der Waals surface area contributed by atoms with Gasteiger partial charge in [-0.1, -0.05) is 6.08 Å². The number of hydrogen-bond donors (Lipinski definition) is 1. The lowest BCUT2D eigenvalue weighted by atomic mass is 9.90. The van der Waals surface area contributed by atoms with Gasteiger partial charge in [-0.15, -0.1) is 0 Å². The molecule has 0 aromatic carbocycles. The van der Waals surface area contributed by atoms with Crippen LogP contribution in [0.25, 0.3) is 0 Å². The molecule has 126 valence electrons. The van der Waals surface area contributed by atoms with Gasteiger partial charge in [0.2, 0.25) is 0 Å². The lowest BCUT2D eigenvalue weighted by Gasteiger charge is -2.27. The maximum Gasteiger partial charge on any atom is 0.409 e. The van der Waals surface area contributed by atoms with Crippen LogP contribution in [0, 0.1) is 5.92 Å². The summed E-state index contributed by atoms with van der Waals surface area (Å²) in [4.78, 5) is 25.9. The Hall–Kier alpha value is -1.76. The van der Waals surface area contributed by atoms with Gasteiger partial charge in [0, 0.05) is 40.2 Å². The summed E-state index contributed by atoms with van der Waals surface area (Å²) in [7, 11) is 6.57. The van der Waals surface area contributed by atoms with Crippen LogP contribution in [0.1, 0.15) is 19.3 Å². The molecule has 0 aromatic heterocycles. The lowest BCUT2D eigenvalue weighted by Crippen LogP contribution is -2.37. The van der Waals surface area contributed by atoms with E-state index < -0.39 is 0 Å². The van der Waals surface area contributed by atoms with Crippen LogP contribution in [-0.2, 0) is 9.47 Å². The van der Waals surface area contributed by atoms with Gasteiger partial charge in [0.05, 0.1) is 6.61 Å². The van der Waals surface area contributed by atoms with E-state index in [1.54, 1.807) is 28.2 Å². The van der Waals surface area contributed by atoms with Crippen molar-refractivity contribution in [1.29, 1.82) is 0 Å². The summed E-state index contributed by atoms with van der Waals surface area (Å²) in [5, 5.41) is 0. The van der Waals surface area contributed by atoms with Crippen molar-refractivity contribution in [3.8, 4) is 0 Å². The molecule has 2 N–H and O–H groups in total. The number of nitrogens with two attached hydrogens (primary N) is 1. The molecule has 0 aromatic rings. The Morgan fingerprint density at radius 3 is 2.36 bits per heavy atom. The van der Waals surface area contributed by atoms with Gasteiger partial charge in [0.1, 0.15) is 6.10 Å². The molecule has 0 unspecified atom stereocenters. The number of hydrogen-bond acceptors (Lipinski definition) is 5. The largest absolute Gasteiger partial charge is 0.449 e. The molecule has 7 nitrogen and oxygen atoms in total. The van der Waals surface area contributed by atoms with Gasteiger partial charge in [0.15, 0.2) is 0 Å². The maximum absolute atomic E-state index is 11.6. The molecule has 0 saturated heterocycles. The summed E-state index contributed by atoms with van der Waals surface area (Å²) < 4.78 is 10.6. The molecule has 0 heterocycles. The maximum atomic E-state index is 11.6. The van der Waals surface area contributed by atoms with E-state index in [9.17, 15) is 9.59 Å². The zero-order valence-electron chi connectivity index (χ0n) is 13.8. The molecule has 0 aliphatic heterocycles. The fourth-order valence-electron chi connectivity index (χ4n) is 2.12. The average Bonchev–Trinajstić information content (AvgIpc) is 2.43. The van der Waals surface area contributed by atoms with E-state index in [-0.39, 0.29) is 36.9 Å². The van der Waals surface area contributed by atoms with E-state index in [0.717, 1.165) is 6.42 Å². The molecule has 0 spiro atoms. The Bertz CT molecular complexity index is 410. The van der Waals surface area contributed by atoms with Crippen molar-refractivity contribution in [3.05, 3.63) is 12.2 Å². The van der Waals surface area contributed by atoms with Crippen molar-refractivity contribution in [2.24, 2.45) is 11.7 Å². The number of carbonyl (C=O) groups is 2. The van der Waals surface area contributed by atoms with E-state index in [0.29, 0.717) is 12.8 Å². The van der Waals surface area contributed by atoms with Crippen LogP contribution in [0.2, 0.25) is 0 Å². The van der Waals surface area contributed by atoms with Crippen LogP contribution in [0.3, 0.4) is 0 Å². The first-order valence-electron chi connectivity index (χ1n) is 7.45. The molecule has 0 bridgehead atoms. The Labute approximate surface area is 132 Å². The van der Waals surface area contributed by atoms with E-state index in [2.05, 4.69) is 0 Å². The van der Waals surface area contributed by atoms with Gasteiger partial charge < -0.3 is 25.0 Å². The Balaban J connectivity index is 2.55. The number of nitrogens with zero attached hydrogens (tertiary/aromatic N) is 2. The zero-order valence-corrected chi connectivity index (χ0v) is 13.8. The van der Waals surface area contributed by atoms with E-state index >= 15 is 0 Å². The summed E-state index contributed by atoms with van der Waals surface area (Å²) in [6.45, 7) is 0.278. The number of rotatable bonds is 3. The third kappa shape index (κ3) is 5.93. The highest BCUT2D eigenvalue weighted by atomic mass is 16.6. The SMILES string of the molecule is CN(C)C(=O)OC[C@@H]1CC[C@@H](OC(=O)N(C)C)/C=C/C[C@@H]1N. The second kappa shape index (κ2) is 8.63.